The number of rotatable bonds is 4. The minimum absolute atomic E-state index is 0.103. The SMILES string of the molecule is O=[N+]([O-])c1ccc(C=NNc2nc3ccccc3s2)s1. The van der Waals surface area contributed by atoms with Crippen LogP contribution in [0, 0.1) is 10.1 Å². The first kappa shape index (κ1) is 12.7. The molecule has 0 aliphatic carbocycles. The molecule has 6 nitrogen and oxygen atoms in total. The molecule has 0 fully saturated rings. The lowest BCUT2D eigenvalue weighted by Gasteiger charge is -1.90. The normalized spacial score (nSPS) is 11.2. The smallest absolute Gasteiger partial charge is 0.258 e. The van der Waals surface area contributed by atoms with Crippen molar-refractivity contribution in [3.63, 3.8) is 0 Å². The first-order valence-corrected chi connectivity index (χ1v) is 7.24. The summed E-state index contributed by atoms with van der Waals surface area (Å²) in [6.07, 6.45) is 1.55. The second-order valence-electron chi connectivity index (χ2n) is 3.79. The number of nitrogens with one attached hydrogen (secondary N) is 1. The number of hydrogen-bond donors (Lipinski definition) is 1. The monoisotopic (exact) mass is 304 g/mol. The maximum absolute atomic E-state index is 10.6. The fourth-order valence-electron chi connectivity index (χ4n) is 1.58. The number of fused-ring (bicyclic) bond motifs is 1. The first-order valence-electron chi connectivity index (χ1n) is 5.61. The van der Waals surface area contributed by atoms with Gasteiger partial charge in [-0.3, -0.25) is 15.5 Å². The molecule has 0 bridgehead atoms. The standard InChI is InChI=1S/C12H8N4O2S2/c17-16(18)11-6-5-8(19-11)7-13-15-12-14-9-3-1-2-4-10(9)20-12/h1-7H,(H,14,15). The van der Waals surface area contributed by atoms with Crippen molar-refractivity contribution in [1.82, 2.24) is 4.98 Å². The van der Waals surface area contributed by atoms with Gasteiger partial charge in [0, 0.05) is 6.07 Å². The van der Waals surface area contributed by atoms with Gasteiger partial charge < -0.3 is 0 Å². The molecule has 0 saturated carbocycles. The Labute approximate surface area is 121 Å². The van der Waals surface area contributed by atoms with Gasteiger partial charge in [0.05, 0.1) is 26.2 Å². The van der Waals surface area contributed by atoms with Crippen molar-refractivity contribution in [1.29, 1.82) is 0 Å². The van der Waals surface area contributed by atoms with Gasteiger partial charge in [-0.1, -0.05) is 34.8 Å². The van der Waals surface area contributed by atoms with E-state index in [1.807, 2.05) is 24.3 Å². The van der Waals surface area contributed by atoms with Crippen molar-refractivity contribution in [3.05, 3.63) is 51.4 Å². The molecular weight excluding hydrogens is 296 g/mol. The average molecular weight is 304 g/mol. The molecule has 0 spiro atoms. The van der Waals surface area contributed by atoms with Crippen molar-refractivity contribution in [2.45, 2.75) is 0 Å². The van der Waals surface area contributed by atoms with Gasteiger partial charge in [0.25, 0.3) is 0 Å². The van der Waals surface area contributed by atoms with Gasteiger partial charge in [0.15, 0.2) is 0 Å². The molecule has 0 amide bonds. The third-order valence-electron chi connectivity index (χ3n) is 2.44. The molecule has 3 rings (SSSR count). The molecule has 2 aromatic heterocycles. The van der Waals surface area contributed by atoms with E-state index >= 15 is 0 Å². The van der Waals surface area contributed by atoms with Crippen LogP contribution in [0.1, 0.15) is 4.88 Å². The van der Waals surface area contributed by atoms with Crippen molar-refractivity contribution in [2.24, 2.45) is 5.10 Å². The van der Waals surface area contributed by atoms with E-state index in [2.05, 4.69) is 15.5 Å². The Balaban J connectivity index is 1.71. The van der Waals surface area contributed by atoms with Crippen LogP contribution < -0.4 is 5.43 Å². The van der Waals surface area contributed by atoms with E-state index < -0.39 is 4.92 Å². The molecule has 0 aliphatic heterocycles. The molecule has 0 saturated heterocycles. The van der Waals surface area contributed by atoms with E-state index in [1.165, 1.54) is 17.4 Å². The summed E-state index contributed by atoms with van der Waals surface area (Å²) in [5.41, 5.74) is 3.75. The summed E-state index contributed by atoms with van der Waals surface area (Å²) in [6.45, 7) is 0. The van der Waals surface area contributed by atoms with Crippen molar-refractivity contribution in [3.8, 4) is 0 Å². The van der Waals surface area contributed by atoms with E-state index in [4.69, 9.17) is 0 Å². The number of para-hydroxylation sites is 1. The molecule has 0 unspecified atom stereocenters. The highest BCUT2D eigenvalue weighted by atomic mass is 32.1. The van der Waals surface area contributed by atoms with Crippen molar-refractivity contribution >= 4 is 49.2 Å². The van der Waals surface area contributed by atoms with E-state index in [1.54, 1.807) is 12.3 Å². The van der Waals surface area contributed by atoms with E-state index in [9.17, 15) is 10.1 Å². The maximum Gasteiger partial charge on any atom is 0.324 e. The summed E-state index contributed by atoms with van der Waals surface area (Å²) in [6, 6.07) is 10.9. The van der Waals surface area contributed by atoms with Crippen LogP contribution in [0.5, 0.6) is 0 Å². The van der Waals surface area contributed by atoms with E-state index in [-0.39, 0.29) is 5.00 Å². The number of nitrogens with zero attached hydrogens (tertiary/aromatic N) is 3. The zero-order chi connectivity index (χ0) is 13.9. The Hall–Kier alpha value is -2.32. The Morgan fingerprint density at radius 1 is 1.25 bits per heavy atom. The van der Waals surface area contributed by atoms with Gasteiger partial charge in [-0.2, -0.15) is 5.10 Å². The summed E-state index contributed by atoms with van der Waals surface area (Å²) < 4.78 is 1.08. The van der Waals surface area contributed by atoms with Gasteiger partial charge in [-0.05, 0) is 18.2 Å². The maximum atomic E-state index is 10.6. The molecule has 1 aromatic carbocycles. The predicted molar refractivity (Wildman–Crippen MR) is 81.8 cm³/mol. The van der Waals surface area contributed by atoms with E-state index in [0.29, 0.717) is 10.0 Å². The van der Waals surface area contributed by atoms with Gasteiger partial charge in [-0.15, -0.1) is 0 Å². The minimum Gasteiger partial charge on any atom is -0.258 e. The highest BCUT2D eigenvalue weighted by molar-refractivity contribution is 7.22. The number of anilines is 1. The highest BCUT2D eigenvalue weighted by Crippen LogP contribution is 2.25. The second-order valence-corrected chi connectivity index (χ2v) is 5.91. The van der Waals surface area contributed by atoms with Crippen LogP contribution in [0.25, 0.3) is 10.2 Å². The lowest BCUT2D eigenvalue weighted by Crippen LogP contribution is -1.87. The molecule has 8 heteroatoms. The number of nitro groups is 1. The lowest BCUT2D eigenvalue weighted by atomic mass is 10.3. The third-order valence-corrected chi connectivity index (χ3v) is 4.35. The first-order chi connectivity index (χ1) is 9.72. The molecule has 2 heterocycles. The van der Waals surface area contributed by atoms with Crippen LogP contribution >= 0.6 is 22.7 Å². The quantitative estimate of drug-likeness (QED) is 0.452. The van der Waals surface area contributed by atoms with Gasteiger partial charge in [-0.25, -0.2) is 4.98 Å². The second kappa shape index (κ2) is 5.35. The van der Waals surface area contributed by atoms with Gasteiger partial charge in [0.2, 0.25) is 5.13 Å². The topological polar surface area (TPSA) is 80.4 Å². The molecule has 0 radical (unpaired) electrons. The number of thiazole rings is 1. The zero-order valence-corrected chi connectivity index (χ0v) is 11.6. The minimum atomic E-state index is -0.414. The lowest BCUT2D eigenvalue weighted by molar-refractivity contribution is -0.380. The number of aromatic nitrogens is 1. The Morgan fingerprint density at radius 2 is 2.10 bits per heavy atom. The molecule has 20 heavy (non-hydrogen) atoms. The number of hydrogen-bond acceptors (Lipinski definition) is 7. The largest absolute Gasteiger partial charge is 0.324 e. The van der Waals surface area contributed by atoms with Crippen LogP contribution in [-0.4, -0.2) is 16.1 Å². The molecular formula is C12H8N4O2S2. The van der Waals surface area contributed by atoms with Gasteiger partial charge >= 0.3 is 5.00 Å². The fraction of sp³-hybridized carbons (Fsp3) is 0. The Kier molecular flexibility index (Phi) is 3.40. The van der Waals surface area contributed by atoms with Crippen molar-refractivity contribution < 1.29 is 4.92 Å². The summed E-state index contributed by atoms with van der Waals surface area (Å²) in [4.78, 5) is 15.2. The molecule has 100 valence electrons. The highest BCUT2D eigenvalue weighted by Gasteiger charge is 2.08. The summed E-state index contributed by atoms with van der Waals surface area (Å²) in [5, 5.41) is 15.4. The summed E-state index contributed by atoms with van der Waals surface area (Å²) >= 11 is 2.58. The summed E-state index contributed by atoms with van der Waals surface area (Å²) in [5.74, 6) is 0. The Morgan fingerprint density at radius 3 is 2.85 bits per heavy atom. The van der Waals surface area contributed by atoms with Crippen LogP contribution in [0.4, 0.5) is 10.1 Å². The third kappa shape index (κ3) is 2.65. The van der Waals surface area contributed by atoms with Crippen LogP contribution in [-0.2, 0) is 0 Å². The zero-order valence-electron chi connectivity index (χ0n) is 10.0. The summed E-state index contributed by atoms with van der Waals surface area (Å²) in [7, 11) is 0. The average Bonchev–Trinajstić information content (AvgIpc) is 3.04. The molecule has 1 N–H and O–H groups in total. The van der Waals surface area contributed by atoms with Crippen LogP contribution in [0.15, 0.2) is 41.5 Å². The van der Waals surface area contributed by atoms with Crippen molar-refractivity contribution in [2.75, 3.05) is 5.43 Å². The Bertz CT molecular complexity index is 760. The molecule has 0 aliphatic rings. The number of hydrazone groups is 1. The number of thiophene rings is 1. The van der Waals surface area contributed by atoms with E-state index in [0.717, 1.165) is 21.6 Å². The molecule has 3 aromatic rings. The van der Waals surface area contributed by atoms with Crippen LogP contribution in [0.3, 0.4) is 0 Å². The van der Waals surface area contributed by atoms with Crippen LogP contribution in [0.2, 0.25) is 0 Å². The fourth-order valence-corrected chi connectivity index (χ4v) is 3.09. The van der Waals surface area contributed by atoms with Gasteiger partial charge in [0.1, 0.15) is 0 Å². The predicted octanol–water partition coefficient (Wildman–Crippen LogP) is 3.71. The molecule has 0 atom stereocenters. The number of benzene rings is 1.